The lowest BCUT2D eigenvalue weighted by molar-refractivity contribution is 0.0932. The zero-order valence-electron chi connectivity index (χ0n) is 13.9. The minimum atomic E-state index is -0.0959. The van der Waals surface area contributed by atoms with Crippen LogP contribution in [0.15, 0.2) is 18.3 Å². The summed E-state index contributed by atoms with van der Waals surface area (Å²) < 4.78 is 0. The third-order valence-electron chi connectivity index (χ3n) is 3.78. The molecule has 0 fully saturated rings. The molecular formula is C17H29N3O. The smallest absolute Gasteiger partial charge is 0.269 e. The summed E-state index contributed by atoms with van der Waals surface area (Å²) in [6.45, 7) is 12.5. The molecule has 0 aliphatic heterocycles. The van der Waals surface area contributed by atoms with Crippen LogP contribution in [0.2, 0.25) is 0 Å². The Balaban J connectivity index is 2.62. The van der Waals surface area contributed by atoms with Crippen LogP contribution in [0.4, 0.5) is 5.69 Å². The first-order valence-corrected chi connectivity index (χ1v) is 7.93. The Morgan fingerprint density at radius 3 is 2.48 bits per heavy atom. The minimum Gasteiger partial charge on any atom is -0.385 e. The third-order valence-corrected chi connectivity index (χ3v) is 3.78. The van der Waals surface area contributed by atoms with Gasteiger partial charge in [-0.25, -0.2) is 0 Å². The van der Waals surface area contributed by atoms with Gasteiger partial charge in [-0.05, 0) is 36.3 Å². The molecule has 1 aromatic heterocycles. The third kappa shape index (κ3) is 5.74. The van der Waals surface area contributed by atoms with E-state index in [0.29, 0.717) is 30.0 Å². The number of nitrogens with zero attached hydrogens (tertiary/aromatic N) is 1. The largest absolute Gasteiger partial charge is 0.385 e. The van der Waals surface area contributed by atoms with Crippen molar-refractivity contribution in [1.82, 2.24) is 10.3 Å². The maximum Gasteiger partial charge on any atom is 0.269 e. The quantitative estimate of drug-likeness (QED) is 0.770. The van der Waals surface area contributed by atoms with Gasteiger partial charge >= 0.3 is 0 Å². The fourth-order valence-electron chi connectivity index (χ4n) is 2.48. The van der Waals surface area contributed by atoms with Crippen molar-refractivity contribution in [2.24, 2.45) is 17.8 Å². The number of hydrogen-bond donors (Lipinski definition) is 2. The standard InChI is InChI=1S/C17H29N3O/c1-6-8-18-14-7-9-19-16(10-14)17(21)20-11-15(12(2)3)13(4)5/h7,9-10,12-13,15H,6,8,11H2,1-5H3,(H,18,19)(H,20,21). The van der Waals surface area contributed by atoms with Crippen molar-refractivity contribution in [1.29, 1.82) is 0 Å². The summed E-state index contributed by atoms with van der Waals surface area (Å²) in [5, 5.41) is 6.29. The van der Waals surface area contributed by atoms with Crippen molar-refractivity contribution in [3.05, 3.63) is 24.0 Å². The van der Waals surface area contributed by atoms with Crippen LogP contribution in [0, 0.1) is 17.8 Å². The number of nitrogens with one attached hydrogen (secondary N) is 2. The van der Waals surface area contributed by atoms with E-state index in [9.17, 15) is 4.79 Å². The van der Waals surface area contributed by atoms with Gasteiger partial charge in [0, 0.05) is 25.0 Å². The fourth-order valence-corrected chi connectivity index (χ4v) is 2.48. The van der Waals surface area contributed by atoms with Crippen LogP contribution < -0.4 is 10.6 Å². The van der Waals surface area contributed by atoms with Crippen LogP contribution in [0.3, 0.4) is 0 Å². The van der Waals surface area contributed by atoms with Gasteiger partial charge in [0.15, 0.2) is 0 Å². The Kier molecular flexibility index (Phi) is 7.20. The Labute approximate surface area is 128 Å². The molecule has 4 heteroatoms. The first-order valence-electron chi connectivity index (χ1n) is 7.93. The second kappa shape index (κ2) is 8.65. The molecule has 118 valence electrons. The zero-order valence-corrected chi connectivity index (χ0v) is 13.9. The Morgan fingerprint density at radius 1 is 1.24 bits per heavy atom. The topological polar surface area (TPSA) is 54.0 Å². The molecular weight excluding hydrogens is 262 g/mol. The number of carbonyl (C=O) groups is 1. The Bertz CT molecular complexity index is 435. The Morgan fingerprint density at radius 2 is 1.90 bits per heavy atom. The van der Waals surface area contributed by atoms with E-state index in [0.717, 1.165) is 18.7 Å². The summed E-state index contributed by atoms with van der Waals surface area (Å²) in [6, 6.07) is 3.70. The maximum atomic E-state index is 12.2. The summed E-state index contributed by atoms with van der Waals surface area (Å²) >= 11 is 0. The van der Waals surface area contributed by atoms with E-state index >= 15 is 0 Å². The van der Waals surface area contributed by atoms with Gasteiger partial charge in [0.1, 0.15) is 5.69 Å². The molecule has 2 N–H and O–H groups in total. The first kappa shape index (κ1) is 17.5. The molecule has 1 heterocycles. The van der Waals surface area contributed by atoms with E-state index in [4.69, 9.17) is 0 Å². The average molecular weight is 291 g/mol. The van der Waals surface area contributed by atoms with E-state index in [2.05, 4.69) is 50.2 Å². The molecule has 0 unspecified atom stereocenters. The molecule has 1 aromatic rings. The number of carbonyl (C=O) groups excluding carboxylic acids is 1. The van der Waals surface area contributed by atoms with Gasteiger partial charge in [0.05, 0.1) is 0 Å². The van der Waals surface area contributed by atoms with E-state index < -0.39 is 0 Å². The summed E-state index contributed by atoms with van der Waals surface area (Å²) in [5.74, 6) is 1.49. The molecule has 0 spiro atoms. The number of hydrogen-bond acceptors (Lipinski definition) is 3. The monoisotopic (exact) mass is 291 g/mol. The average Bonchev–Trinajstić information content (AvgIpc) is 2.44. The first-order chi connectivity index (χ1) is 9.95. The zero-order chi connectivity index (χ0) is 15.8. The lowest BCUT2D eigenvalue weighted by Crippen LogP contribution is -2.34. The van der Waals surface area contributed by atoms with Gasteiger partial charge in [-0.1, -0.05) is 34.6 Å². The highest BCUT2D eigenvalue weighted by atomic mass is 16.1. The summed E-state index contributed by atoms with van der Waals surface area (Å²) in [6.07, 6.45) is 2.73. The van der Waals surface area contributed by atoms with Crippen molar-refractivity contribution in [2.75, 3.05) is 18.4 Å². The predicted octanol–water partition coefficient (Wildman–Crippen LogP) is 3.56. The van der Waals surface area contributed by atoms with Gasteiger partial charge in [0.25, 0.3) is 5.91 Å². The van der Waals surface area contributed by atoms with Crippen molar-refractivity contribution >= 4 is 11.6 Å². The van der Waals surface area contributed by atoms with Crippen molar-refractivity contribution in [2.45, 2.75) is 41.0 Å². The van der Waals surface area contributed by atoms with E-state index in [1.54, 1.807) is 6.20 Å². The van der Waals surface area contributed by atoms with Gasteiger partial charge in [-0.3, -0.25) is 9.78 Å². The van der Waals surface area contributed by atoms with Crippen molar-refractivity contribution < 1.29 is 4.79 Å². The number of amides is 1. The number of rotatable bonds is 8. The second-order valence-electron chi connectivity index (χ2n) is 6.22. The summed E-state index contributed by atoms with van der Waals surface area (Å²) in [5.41, 5.74) is 1.42. The van der Waals surface area contributed by atoms with Crippen LogP contribution >= 0.6 is 0 Å². The normalized spacial score (nSPS) is 11.2. The predicted molar refractivity (Wildman–Crippen MR) is 88.5 cm³/mol. The fraction of sp³-hybridized carbons (Fsp3) is 0.647. The van der Waals surface area contributed by atoms with Gasteiger partial charge in [-0.15, -0.1) is 0 Å². The van der Waals surface area contributed by atoms with Crippen LogP contribution in [0.5, 0.6) is 0 Å². The molecule has 0 aliphatic rings. The van der Waals surface area contributed by atoms with Crippen LogP contribution in [0.25, 0.3) is 0 Å². The SMILES string of the molecule is CCCNc1ccnc(C(=O)NCC(C(C)C)C(C)C)c1. The molecule has 0 aromatic carbocycles. The lowest BCUT2D eigenvalue weighted by Gasteiger charge is -2.25. The molecule has 0 saturated heterocycles. The summed E-state index contributed by atoms with van der Waals surface area (Å²) in [7, 11) is 0. The molecule has 0 radical (unpaired) electrons. The highest BCUT2D eigenvalue weighted by Crippen LogP contribution is 2.19. The molecule has 21 heavy (non-hydrogen) atoms. The maximum absolute atomic E-state index is 12.2. The van der Waals surface area contributed by atoms with Crippen molar-refractivity contribution in [3.8, 4) is 0 Å². The van der Waals surface area contributed by atoms with Gasteiger partial charge < -0.3 is 10.6 Å². The van der Waals surface area contributed by atoms with E-state index in [1.165, 1.54) is 0 Å². The highest BCUT2D eigenvalue weighted by molar-refractivity contribution is 5.93. The number of aromatic nitrogens is 1. The minimum absolute atomic E-state index is 0.0959. The van der Waals surface area contributed by atoms with E-state index in [-0.39, 0.29) is 5.91 Å². The second-order valence-corrected chi connectivity index (χ2v) is 6.22. The molecule has 0 saturated carbocycles. The number of pyridine rings is 1. The summed E-state index contributed by atoms with van der Waals surface area (Å²) in [4.78, 5) is 16.4. The van der Waals surface area contributed by atoms with Crippen LogP contribution in [-0.2, 0) is 0 Å². The molecule has 1 amide bonds. The molecule has 1 rings (SSSR count). The molecule has 4 nitrogen and oxygen atoms in total. The lowest BCUT2D eigenvalue weighted by atomic mass is 9.85. The van der Waals surface area contributed by atoms with Gasteiger partial charge in [-0.2, -0.15) is 0 Å². The Hall–Kier alpha value is -1.58. The van der Waals surface area contributed by atoms with Crippen LogP contribution in [-0.4, -0.2) is 24.0 Å². The van der Waals surface area contributed by atoms with Crippen molar-refractivity contribution in [3.63, 3.8) is 0 Å². The molecule has 0 bridgehead atoms. The van der Waals surface area contributed by atoms with Crippen LogP contribution in [0.1, 0.15) is 51.5 Å². The van der Waals surface area contributed by atoms with E-state index in [1.807, 2.05) is 12.1 Å². The highest BCUT2D eigenvalue weighted by Gasteiger charge is 2.19. The van der Waals surface area contributed by atoms with Gasteiger partial charge in [0.2, 0.25) is 0 Å². The number of anilines is 1. The molecule has 0 atom stereocenters. The molecule has 0 aliphatic carbocycles.